The Morgan fingerprint density at radius 2 is 1.93 bits per heavy atom. The van der Waals surface area contributed by atoms with Gasteiger partial charge in [0.1, 0.15) is 11.6 Å². The molecule has 2 N–H and O–H groups in total. The lowest BCUT2D eigenvalue weighted by atomic mass is 10.1. The van der Waals surface area contributed by atoms with Crippen molar-refractivity contribution in [3.8, 4) is 5.75 Å². The summed E-state index contributed by atoms with van der Waals surface area (Å²) in [6.07, 6.45) is 1.73. The number of anilines is 2. The minimum absolute atomic E-state index is 0.0344. The molecule has 2 aromatic heterocycles. The van der Waals surface area contributed by atoms with Crippen LogP contribution in [0, 0.1) is 5.82 Å². The number of pyridine rings is 1. The fourth-order valence-corrected chi connectivity index (χ4v) is 4.12. The Morgan fingerprint density at radius 3 is 2.68 bits per heavy atom. The van der Waals surface area contributed by atoms with E-state index in [1.54, 1.807) is 31.1 Å². The van der Waals surface area contributed by atoms with Gasteiger partial charge in [0, 0.05) is 27.8 Å². The number of benzene rings is 2. The van der Waals surface area contributed by atoms with Gasteiger partial charge in [-0.1, -0.05) is 20.8 Å². The predicted molar refractivity (Wildman–Crippen MR) is 113 cm³/mol. The molecule has 0 spiro atoms. The van der Waals surface area contributed by atoms with Gasteiger partial charge in [-0.25, -0.2) is 4.39 Å². The van der Waals surface area contributed by atoms with Gasteiger partial charge < -0.3 is 10.1 Å². The lowest BCUT2D eigenvalue weighted by Crippen LogP contribution is -2.07. The minimum atomic E-state index is -0.301. The van der Waals surface area contributed by atoms with Crippen molar-refractivity contribution >= 4 is 45.1 Å². The first-order valence-corrected chi connectivity index (χ1v) is 9.72. The molecule has 0 aliphatic rings. The van der Waals surface area contributed by atoms with E-state index in [0.29, 0.717) is 11.2 Å². The van der Waals surface area contributed by atoms with Crippen LogP contribution >= 0.6 is 11.8 Å². The summed E-state index contributed by atoms with van der Waals surface area (Å²) >= 11 is 1.74. The van der Waals surface area contributed by atoms with Gasteiger partial charge >= 0.3 is 0 Å². The highest BCUT2D eigenvalue weighted by atomic mass is 32.2. The lowest BCUT2D eigenvalue weighted by Gasteiger charge is -2.20. The summed E-state index contributed by atoms with van der Waals surface area (Å²) in [7, 11) is 1.67. The molecule has 0 fully saturated rings. The molecule has 2 heterocycles. The molecular weight excluding hydrogens is 375 g/mol. The SMILES string of the molecule is COc1cc2nccc(Nc3n[nH]c4ccc(F)cc34)c2cc1SC(C)(C)C. The summed E-state index contributed by atoms with van der Waals surface area (Å²) in [6.45, 7) is 6.48. The van der Waals surface area contributed by atoms with Gasteiger partial charge in [-0.05, 0) is 30.3 Å². The molecule has 0 unspecified atom stereocenters. The highest BCUT2D eigenvalue weighted by Crippen LogP contribution is 2.41. The molecule has 4 aromatic rings. The zero-order chi connectivity index (χ0) is 19.9. The summed E-state index contributed by atoms with van der Waals surface area (Å²) in [4.78, 5) is 5.51. The van der Waals surface area contributed by atoms with Crippen LogP contribution in [0.25, 0.3) is 21.8 Å². The Kier molecular flexibility index (Phi) is 4.63. The van der Waals surface area contributed by atoms with E-state index in [4.69, 9.17) is 4.74 Å². The summed E-state index contributed by atoms with van der Waals surface area (Å²) in [5.41, 5.74) is 2.43. The normalized spacial score (nSPS) is 11.9. The molecule has 144 valence electrons. The standard InChI is InChI=1S/C21H21FN4OS/c1-21(2,3)28-19-10-13-15(7-8-23-17(13)11-18(19)27-4)24-20-14-9-12(22)5-6-16(14)25-26-20/h5-11H,1-4H3,(H2,23,24,25,26). The molecule has 0 aliphatic carbocycles. The zero-order valence-electron chi connectivity index (χ0n) is 16.1. The second kappa shape index (κ2) is 6.98. The van der Waals surface area contributed by atoms with Crippen LogP contribution in [0.5, 0.6) is 5.75 Å². The molecule has 0 radical (unpaired) electrons. The van der Waals surface area contributed by atoms with Crippen molar-refractivity contribution in [1.29, 1.82) is 0 Å². The second-order valence-electron chi connectivity index (χ2n) is 7.48. The highest BCUT2D eigenvalue weighted by Gasteiger charge is 2.18. The summed E-state index contributed by atoms with van der Waals surface area (Å²) in [5.74, 6) is 1.07. The van der Waals surface area contributed by atoms with Crippen LogP contribution in [-0.2, 0) is 0 Å². The number of thioether (sulfide) groups is 1. The van der Waals surface area contributed by atoms with Crippen molar-refractivity contribution in [1.82, 2.24) is 15.2 Å². The Hall–Kier alpha value is -2.80. The largest absolute Gasteiger partial charge is 0.496 e. The molecule has 0 saturated carbocycles. The van der Waals surface area contributed by atoms with Gasteiger partial charge in [-0.3, -0.25) is 10.1 Å². The molecule has 0 saturated heterocycles. The summed E-state index contributed by atoms with van der Waals surface area (Å²) in [6, 6.07) is 10.5. The maximum atomic E-state index is 13.7. The van der Waals surface area contributed by atoms with E-state index in [0.717, 1.165) is 32.8 Å². The number of H-pyrrole nitrogens is 1. The van der Waals surface area contributed by atoms with E-state index in [-0.39, 0.29) is 10.6 Å². The number of fused-ring (bicyclic) bond motifs is 2. The van der Waals surface area contributed by atoms with Crippen LogP contribution in [0.4, 0.5) is 15.9 Å². The maximum Gasteiger partial charge on any atom is 0.160 e. The Morgan fingerprint density at radius 1 is 1.11 bits per heavy atom. The first-order chi connectivity index (χ1) is 13.3. The van der Waals surface area contributed by atoms with E-state index in [2.05, 4.69) is 47.3 Å². The van der Waals surface area contributed by atoms with Gasteiger partial charge in [0.05, 0.1) is 28.7 Å². The average Bonchev–Trinajstić information content (AvgIpc) is 3.02. The van der Waals surface area contributed by atoms with Crippen molar-refractivity contribution in [2.75, 3.05) is 12.4 Å². The Bertz CT molecular complexity index is 1170. The van der Waals surface area contributed by atoms with Gasteiger partial charge in [0.2, 0.25) is 0 Å². The summed E-state index contributed by atoms with van der Waals surface area (Å²) < 4.78 is 19.3. The van der Waals surface area contributed by atoms with Crippen molar-refractivity contribution in [3.63, 3.8) is 0 Å². The third-order valence-electron chi connectivity index (χ3n) is 4.22. The van der Waals surface area contributed by atoms with Crippen molar-refractivity contribution in [3.05, 3.63) is 48.4 Å². The topological polar surface area (TPSA) is 62.8 Å². The van der Waals surface area contributed by atoms with Gasteiger partial charge in [0.25, 0.3) is 0 Å². The first-order valence-electron chi connectivity index (χ1n) is 8.90. The molecule has 0 amide bonds. The second-order valence-corrected chi connectivity index (χ2v) is 9.35. The maximum absolute atomic E-state index is 13.7. The van der Waals surface area contributed by atoms with Crippen molar-refractivity contribution < 1.29 is 9.13 Å². The smallest absolute Gasteiger partial charge is 0.160 e. The van der Waals surface area contributed by atoms with E-state index in [9.17, 15) is 4.39 Å². The van der Waals surface area contributed by atoms with Crippen molar-refractivity contribution in [2.45, 2.75) is 30.4 Å². The number of halogens is 1. The van der Waals surface area contributed by atoms with E-state index < -0.39 is 0 Å². The molecule has 28 heavy (non-hydrogen) atoms. The molecule has 0 aliphatic heterocycles. The van der Waals surface area contributed by atoms with E-state index in [1.807, 2.05) is 12.1 Å². The molecule has 5 nitrogen and oxygen atoms in total. The quantitative estimate of drug-likeness (QED) is 0.421. The highest BCUT2D eigenvalue weighted by molar-refractivity contribution is 8.00. The van der Waals surface area contributed by atoms with Gasteiger partial charge in [-0.15, -0.1) is 11.8 Å². The van der Waals surface area contributed by atoms with Crippen LogP contribution in [-0.4, -0.2) is 27.0 Å². The van der Waals surface area contributed by atoms with Crippen LogP contribution in [0.3, 0.4) is 0 Å². The molecule has 2 aromatic carbocycles. The average molecular weight is 396 g/mol. The van der Waals surface area contributed by atoms with Gasteiger partial charge in [0.15, 0.2) is 5.82 Å². The molecule has 4 rings (SSSR count). The number of nitrogens with zero attached hydrogens (tertiary/aromatic N) is 2. The predicted octanol–water partition coefficient (Wildman–Crippen LogP) is 5.89. The third-order valence-corrected chi connectivity index (χ3v) is 5.37. The van der Waals surface area contributed by atoms with Crippen molar-refractivity contribution in [2.24, 2.45) is 0 Å². The Labute approximate surface area is 166 Å². The van der Waals surface area contributed by atoms with Crippen LogP contribution in [0.15, 0.2) is 47.5 Å². The number of methoxy groups -OCH3 is 1. The number of hydrogen-bond donors (Lipinski definition) is 2. The van der Waals surface area contributed by atoms with Gasteiger partial charge in [-0.2, -0.15) is 5.10 Å². The first kappa shape index (κ1) is 18.6. The monoisotopic (exact) mass is 396 g/mol. The minimum Gasteiger partial charge on any atom is -0.496 e. The van der Waals surface area contributed by atoms with E-state index in [1.165, 1.54) is 12.1 Å². The molecular formula is C21H21FN4OS. The van der Waals surface area contributed by atoms with Crippen LogP contribution in [0.2, 0.25) is 0 Å². The van der Waals surface area contributed by atoms with Crippen LogP contribution < -0.4 is 10.1 Å². The Balaban J connectivity index is 1.82. The molecule has 0 atom stereocenters. The number of aromatic amines is 1. The number of hydrogen-bond acceptors (Lipinski definition) is 5. The number of nitrogens with one attached hydrogen (secondary N) is 2. The van der Waals surface area contributed by atoms with Crippen LogP contribution in [0.1, 0.15) is 20.8 Å². The number of aromatic nitrogens is 3. The summed E-state index contributed by atoms with van der Waals surface area (Å²) in [5, 5.41) is 12.2. The zero-order valence-corrected chi connectivity index (χ0v) is 16.9. The molecule has 7 heteroatoms. The fraction of sp³-hybridized carbons (Fsp3) is 0.238. The molecule has 0 bridgehead atoms. The third kappa shape index (κ3) is 3.62. The number of rotatable bonds is 4. The van der Waals surface area contributed by atoms with E-state index >= 15 is 0 Å². The number of ether oxygens (including phenoxy) is 1. The fourth-order valence-electron chi connectivity index (χ4n) is 3.04. The lowest BCUT2D eigenvalue weighted by molar-refractivity contribution is 0.405.